The van der Waals surface area contributed by atoms with Gasteiger partial charge in [0.05, 0.1) is 38.6 Å². The molecule has 0 aliphatic carbocycles. The molecule has 0 bridgehead atoms. The molecule has 3 aliphatic heterocycles. The van der Waals surface area contributed by atoms with E-state index in [4.69, 9.17) is 28.4 Å². The molecule has 93 heavy (non-hydrogen) atoms. The Hall–Kier alpha value is -2.25. The Morgan fingerprint density at radius 1 is 0.387 bits per heavy atom. The molecule has 3 saturated heterocycles. The van der Waals surface area contributed by atoms with Crippen molar-refractivity contribution in [3.63, 3.8) is 0 Å². The fraction of sp³-hybridized carbons (Fsp3) is 0.878. The van der Waals surface area contributed by atoms with Crippen LogP contribution in [0.5, 0.6) is 0 Å². The van der Waals surface area contributed by atoms with Gasteiger partial charge < -0.3 is 89.9 Å². The van der Waals surface area contributed by atoms with Gasteiger partial charge in [-0.2, -0.15) is 0 Å². The van der Waals surface area contributed by atoms with Gasteiger partial charge in [-0.25, -0.2) is 0 Å². The standard InChI is InChI=1S/C74H135NO18/c1-3-5-7-9-11-13-15-17-18-19-20-21-22-23-24-25-26-27-28-29-30-31-32-33-34-35-36-37-38-40-42-44-46-48-50-52-62(80)75-57(58(79)51-49-47-45-43-41-39-16-14-12-10-8-6-4-2)56-88-72-68(86)65(83)70(60(54-77)90-72)93-74-69(87)66(84)71(61(55-78)91-74)92-73-67(85)64(82)63(81)59(53-76)89-73/h15,17,19-20,22-23,49,51,57-61,63-74,76-79,81-87H,3-14,16,18,21,24-48,50,52-56H2,1-2H3,(H,75,80)/b17-15-,20-19-,23-22-,51-49+. The van der Waals surface area contributed by atoms with E-state index in [1.54, 1.807) is 6.08 Å². The maximum absolute atomic E-state index is 13.4. The van der Waals surface area contributed by atoms with Crippen molar-refractivity contribution in [1.82, 2.24) is 5.32 Å². The molecule has 17 unspecified atom stereocenters. The second kappa shape index (κ2) is 55.6. The molecule has 0 aromatic rings. The van der Waals surface area contributed by atoms with Crippen LogP contribution in [0.25, 0.3) is 0 Å². The molecule has 17 atom stereocenters. The molecule has 0 saturated carbocycles. The van der Waals surface area contributed by atoms with Gasteiger partial charge in [-0.3, -0.25) is 4.79 Å². The van der Waals surface area contributed by atoms with Crippen LogP contribution < -0.4 is 5.32 Å². The quantitative estimate of drug-likeness (QED) is 0.0199. The van der Waals surface area contributed by atoms with Gasteiger partial charge in [0.15, 0.2) is 18.9 Å². The third-order valence-electron chi connectivity index (χ3n) is 18.6. The van der Waals surface area contributed by atoms with E-state index < -0.39 is 124 Å². The average Bonchev–Trinajstić information content (AvgIpc) is 0.842. The highest BCUT2D eigenvalue weighted by Gasteiger charge is 2.53. The molecule has 0 radical (unpaired) electrons. The SMILES string of the molecule is CCCCCCC/C=C\C/C=C\C/C=C\CCCCCCCCCCCCCCCCCCCCCCC(=O)NC(COC1OC(CO)C(OC2OC(CO)C(OC3OC(CO)C(O)C(O)C3O)C(O)C2O)C(O)C1O)C(O)/C=C/CCCCCCCCCCCCC. The third kappa shape index (κ3) is 37.0. The van der Waals surface area contributed by atoms with Crippen LogP contribution >= 0.6 is 0 Å². The zero-order valence-electron chi connectivity index (χ0n) is 57.7. The number of rotatable bonds is 58. The van der Waals surface area contributed by atoms with Gasteiger partial charge in [-0.15, -0.1) is 0 Å². The molecule has 3 heterocycles. The number of carbonyl (C=O) groups excluding carboxylic acids is 1. The Morgan fingerprint density at radius 2 is 0.710 bits per heavy atom. The zero-order chi connectivity index (χ0) is 67.5. The maximum atomic E-state index is 13.4. The Kier molecular flexibility index (Phi) is 50.8. The number of aliphatic hydroxyl groups excluding tert-OH is 11. The lowest BCUT2D eigenvalue weighted by molar-refractivity contribution is -0.379. The first kappa shape index (κ1) is 85.0. The predicted molar refractivity (Wildman–Crippen MR) is 365 cm³/mol. The van der Waals surface area contributed by atoms with Crippen LogP contribution in [-0.4, -0.2) is 193 Å². The summed E-state index contributed by atoms with van der Waals surface area (Å²) in [4.78, 5) is 13.4. The maximum Gasteiger partial charge on any atom is 0.220 e. The summed E-state index contributed by atoms with van der Waals surface area (Å²) in [5.41, 5.74) is 0. The van der Waals surface area contributed by atoms with E-state index in [1.807, 2.05) is 6.08 Å². The summed E-state index contributed by atoms with van der Waals surface area (Å²) in [5, 5.41) is 120. The first-order valence-electron chi connectivity index (χ1n) is 37.4. The second-order valence-electron chi connectivity index (χ2n) is 26.8. The number of nitrogens with one attached hydrogen (secondary N) is 1. The molecular weight excluding hydrogens is 1190 g/mol. The van der Waals surface area contributed by atoms with Gasteiger partial charge in [0.25, 0.3) is 0 Å². The first-order chi connectivity index (χ1) is 45.3. The number of carbonyl (C=O) groups is 1. The summed E-state index contributed by atoms with van der Waals surface area (Å²) in [5.74, 6) is -0.273. The lowest BCUT2D eigenvalue weighted by Crippen LogP contribution is -2.66. The van der Waals surface area contributed by atoms with Crippen molar-refractivity contribution in [2.45, 2.75) is 388 Å². The largest absolute Gasteiger partial charge is 0.394 e. The first-order valence-corrected chi connectivity index (χ1v) is 37.4. The van der Waals surface area contributed by atoms with Gasteiger partial charge in [0, 0.05) is 6.42 Å². The normalized spacial score (nSPS) is 27.8. The van der Waals surface area contributed by atoms with E-state index >= 15 is 0 Å². The highest BCUT2D eigenvalue weighted by molar-refractivity contribution is 5.76. The minimum absolute atomic E-state index is 0.245. The second-order valence-corrected chi connectivity index (χ2v) is 26.8. The lowest BCUT2D eigenvalue weighted by atomic mass is 9.96. The monoisotopic (exact) mass is 1330 g/mol. The molecule has 3 rings (SSSR count). The van der Waals surface area contributed by atoms with E-state index in [2.05, 4.69) is 55.6 Å². The Balaban J connectivity index is 1.32. The minimum atomic E-state index is -1.98. The summed E-state index contributed by atoms with van der Waals surface area (Å²) in [7, 11) is 0. The van der Waals surface area contributed by atoms with Gasteiger partial charge in [0.2, 0.25) is 5.91 Å². The van der Waals surface area contributed by atoms with Crippen LogP contribution in [-0.2, 0) is 33.2 Å². The molecule has 12 N–H and O–H groups in total. The van der Waals surface area contributed by atoms with Crippen molar-refractivity contribution in [3.8, 4) is 0 Å². The number of ether oxygens (including phenoxy) is 6. The number of aliphatic hydroxyl groups is 11. The van der Waals surface area contributed by atoms with E-state index in [1.165, 1.54) is 199 Å². The van der Waals surface area contributed by atoms with Crippen molar-refractivity contribution >= 4 is 5.91 Å². The van der Waals surface area contributed by atoms with Crippen LogP contribution in [0.1, 0.15) is 284 Å². The van der Waals surface area contributed by atoms with Crippen LogP contribution in [0.15, 0.2) is 48.6 Å². The van der Waals surface area contributed by atoms with Crippen molar-refractivity contribution in [2.75, 3.05) is 26.4 Å². The molecule has 19 heteroatoms. The summed E-state index contributed by atoms with van der Waals surface area (Å²) < 4.78 is 34.3. The van der Waals surface area contributed by atoms with Gasteiger partial charge in [0.1, 0.15) is 73.2 Å². The van der Waals surface area contributed by atoms with Crippen LogP contribution in [0.3, 0.4) is 0 Å². The van der Waals surface area contributed by atoms with E-state index in [0.717, 1.165) is 57.8 Å². The molecule has 1 amide bonds. The average molecular weight is 1330 g/mol. The summed E-state index contributed by atoms with van der Waals surface area (Å²) in [6.07, 6.45) is 41.1. The van der Waals surface area contributed by atoms with Crippen molar-refractivity contribution in [1.29, 1.82) is 0 Å². The van der Waals surface area contributed by atoms with Crippen LogP contribution in [0.2, 0.25) is 0 Å². The summed E-state index contributed by atoms with van der Waals surface area (Å²) in [6.45, 7) is 1.73. The number of amides is 1. The Labute approximate surface area is 561 Å². The number of unbranched alkanes of at least 4 members (excludes halogenated alkanes) is 36. The number of hydrogen-bond acceptors (Lipinski definition) is 18. The van der Waals surface area contributed by atoms with Crippen LogP contribution in [0.4, 0.5) is 0 Å². The highest BCUT2D eigenvalue weighted by atomic mass is 16.8. The Bertz CT molecular complexity index is 1870. The van der Waals surface area contributed by atoms with E-state index in [9.17, 15) is 61.0 Å². The van der Waals surface area contributed by atoms with Crippen LogP contribution in [0, 0.1) is 0 Å². The number of allylic oxidation sites excluding steroid dienone is 7. The molecule has 3 aliphatic rings. The third-order valence-corrected chi connectivity index (χ3v) is 18.6. The van der Waals surface area contributed by atoms with Crippen molar-refractivity contribution < 1.29 is 89.4 Å². The smallest absolute Gasteiger partial charge is 0.220 e. The fourth-order valence-electron chi connectivity index (χ4n) is 12.6. The number of hydrogen-bond donors (Lipinski definition) is 12. The predicted octanol–water partition coefficient (Wildman–Crippen LogP) is 10.9. The van der Waals surface area contributed by atoms with Crippen molar-refractivity contribution in [2.24, 2.45) is 0 Å². The zero-order valence-corrected chi connectivity index (χ0v) is 57.7. The highest BCUT2D eigenvalue weighted by Crippen LogP contribution is 2.33. The Morgan fingerprint density at radius 3 is 1.11 bits per heavy atom. The van der Waals surface area contributed by atoms with E-state index in [-0.39, 0.29) is 18.9 Å². The molecule has 544 valence electrons. The topological polar surface area (TPSA) is 307 Å². The van der Waals surface area contributed by atoms with Crippen molar-refractivity contribution in [3.05, 3.63) is 48.6 Å². The fourth-order valence-corrected chi connectivity index (χ4v) is 12.6. The molecule has 0 spiro atoms. The lowest BCUT2D eigenvalue weighted by Gasteiger charge is -2.48. The van der Waals surface area contributed by atoms with E-state index in [0.29, 0.717) is 6.42 Å². The molecule has 0 aromatic heterocycles. The van der Waals surface area contributed by atoms with Gasteiger partial charge in [-0.1, -0.05) is 268 Å². The van der Waals surface area contributed by atoms with Gasteiger partial charge >= 0.3 is 0 Å². The van der Waals surface area contributed by atoms with Gasteiger partial charge in [-0.05, 0) is 57.8 Å². The minimum Gasteiger partial charge on any atom is -0.394 e. The molecular formula is C74H135NO18. The molecule has 0 aromatic carbocycles. The summed E-state index contributed by atoms with van der Waals surface area (Å²) in [6, 6.07) is -0.972. The molecule has 19 nitrogen and oxygen atoms in total. The summed E-state index contributed by atoms with van der Waals surface area (Å²) >= 11 is 0. The molecule has 3 fully saturated rings.